The standard InChI is InChI=1S/C26H30F7N3O3S/c1-5-40(38,39)34-21-8-9-36(23(14-21)22-7-6-20(27)10-15(22)2)24(37)35(4)16(3)17-11-18(25(28,29)30)13-19(12-17)26(31,32)33/h6-7,10-13,16,21,23,34H,5,8-9,14H2,1-4H3/t16-,21?,23?/m1/s1. The molecule has 1 heterocycles. The molecule has 0 spiro atoms. The molecule has 2 aromatic carbocycles. The van der Waals surface area contributed by atoms with Crippen LogP contribution in [0.15, 0.2) is 36.4 Å². The van der Waals surface area contributed by atoms with Gasteiger partial charge < -0.3 is 9.80 Å². The van der Waals surface area contributed by atoms with E-state index in [2.05, 4.69) is 4.72 Å². The molecule has 0 aliphatic carbocycles. The fourth-order valence-corrected chi connectivity index (χ4v) is 5.65. The molecule has 6 nitrogen and oxygen atoms in total. The van der Waals surface area contributed by atoms with Crippen LogP contribution in [0, 0.1) is 12.7 Å². The van der Waals surface area contributed by atoms with E-state index >= 15 is 0 Å². The Balaban J connectivity index is 1.98. The zero-order valence-corrected chi connectivity index (χ0v) is 23.0. The van der Waals surface area contributed by atoms with Gasteiger partial charge in [-0.1, -0.05) is 6.07 Å². The van der Waals surface area contributed by atoms with Gasteiger partial charge in [-0.25, -0.2) is 22.3 Å². The maximum Gasteiger partial charge on any atom is 0.416 e. The van der Waals surface area contributed by atoms with Gasteiger partial charge in [0.25, 0.3) is 0 Å². The number of sulfonamides is 1. The van der Waals surface area contributed by atoms with Gasteiger partial charge in [-0.3, -0.25) is 0 Å². The number of carbonyl (C=O) groups is 1. The van der Waals surface area contributed by atoms with Crippen molar-refractivity contribution in [1.29, 1.82) is 0 Å². The van der Waals surface area contributed by atoms with Crippen LogP contribution in [0.5, 0.6) is 0 Å². The smallest absolute Gasteiger partial charge is 0.321 e. The zero-order chi connectivity index (χ0) is 30.2. The van der Waals surface area contributed by atoms with Crippen molar-refractivity contribution in [3.05, 3.63) is 70.0 Å². The van der Waals surface area contributed by atoms with Crippen LogP contribution in [0.25, 0.3) is 0 Å². The summed E-state index contributed by atoms with van der Waals surface area (Å²) in [5, 5.41) is 0. The first-order chi connectivity index (χ1) is 18.3. The molecule has 1 fully saturated rings. The van der Waals surface area contributed by atoms with Gasteiger partial charge in [-0.2, -0.15) is 26.3 Å². The lowest BCUT2D eigenvalue weighted by molar-refractivity contribution is -0.143. The van der Waals surface area contributed by atoms with E-state index in [4.69, 9.17) is 0 Å². The second kappa shape index (κ2) is 11.6. The highest BCUT2D eigenvalue weighted by molar-refractivity contribution is 7.89. The molecule has 0 saturated carbocycles. The third kappa shape index (κ3) is 7.25. The number of piperidine rings is 1. The molecule has 2 aromatic rings. The highest BCUT2D eigenvalue weighted by Crippen LogP contribution is 2.39. The lowest BCUT2D eigenvalue weighted by atomic mass is 9.90. The van der Waals surface area contributed by atoms with Gasteiger partial charge in [-0.15, -0.1) is 0 Å². The highest BCUT2D eigenvalue weighted by Gasteiger charge is 2.40. The summed E-state index contributed by atoms with van der Waals surface area (Å²) in [5.41, 5.74) is -2.32. The predicted octanol–water partition coefficient (Wildman–Crippen LogP) is 6.43. The molecule has 1 aliphatic heterocycles. The molecular formula is C26H30F7N3O3S. The van der Waals surface area contributed by atoms with Crippen molar-refractivity contribution in [2.24, 2.45) is 0 Å². The van der Waals surface area contributed by atoms with E-state index < -0.39 is 63.5 Å². The van der Waals surface area contributed by atoms with Crippen LogP contribution in [-0.2, 0) is 22.4 Å². The van der Waals surface area contributed by atoms with Crippen LogP contribution in [0.1, 0.15) is 66.6 Å². The Hall–Kier alpha value is -2.87. The van der Waals surface area contributed by atoms with E-state index in [0.717, 1.165) is 4.90 Å². The second-order valence-electron chi connectivity index (χ2n) is 9.86. The SMILES string of the molecule is CCS(=O)(=O)NC1CCN(C(=O)N(C)[C@H](C)c2cc(C(F)(F)F)cc(C(F)(F)F)c2)C(c2ccc(F)cc2C)C1. The number of amides is 2. The molecule has 2 unspecified atom stereocenters. The number of carbonyl (C=O) groups excluding carboxylic acids is 1. The van der Waals surface area contributed by atoms with Gasteiger partial charge in [0.15, 0.2) is 0 Å². The van der Waals surface area contributed by atoms with Crippen molar-refractivity contribution in [3.63, 3.8) is 0 Å². The Morgan fingerprint density at radius 1 is 1.07 bits per heavy atom. The number of benzene rings is 2. The molecule has 3 atom stereocenters. The molecule has 14 heteroatoms. The van der Waals surface area contributed by atoms with Crippen LogP contribution in [0.3, 0.4) is 0 Å². The molecule has 40 heavy (non-hydrogen) atoms. The Morgan fingerprint density at radius 2 is 1.65 bits per heavy atom. The molecule has 0 radical (unpaired) electrons. The van der Waals surface area contributed by atoms with Gasteiger partial charge >= 0.3 is 18.4 Å². The van der Waals surface area contributed by atoms with Crippen molar-refractivity contribution in [3.8, 4) is 0 Å². The third-order valence-electron chi connectivity index (χ3n) is 7.14. The number of hydrogen-bond donors (Lipinski definition) is 1. The van der Waals surface area contributed by atoms with E-state index in [9.17, 15) is 43.9 Å². The normalized spacial score (nSPS) is 19.4. The molecule has 2 amide bonds. The van der Waals surface area contributed by atoms with Crippen molar-refractivity contribution in [2.75, 3.05) is 19.3 Å². The van der Waals surface area contributed by atoms with E-state index in [-0.39, 0.29) is 36.8 Å². The van der Waals surface area contributed by atoms with Gasteiger partial charge in [0.05, 0.1) is 29.0 Å². The van der Waals surface area contributed by atoms with Crippen LogP contribution >= 0.6 is 0 Å². The van der Waals surface area contributed by atoms with Crippen molar-refractivity contribution in [1.82, 2.24) is 14.5 Å². The molecule has 222 valence electrons. The number of aryl methyl sites for hydroxylation is 1. The average molecular weight is 598 g/mol. The minimum Gasteiger partial charge on any atom is -0.321 e. The number of hydrogen-bond acceptors (Lipinski definition) is 3. The maximum absolute atomic E-state index is 13.8. The molecule has 1 saturated heterocycles. The molecule has 1 aliphatic rings. The van der Waals surface area contributed by atoms with Crippen molar-refractivity contribution < 1.29 is 43.9 Å². The largest absolute Gasteiger partial charge is 0.416 e. The Morgan fingerprint density at radius 3 is 2.15 bits per heavy atom. The average Bonchev–Trinajstić information content (AvgIpc) is 2.86. The number of likely N-dealkylation sites (tertiary alicyclic amines) is 1. The summed E-state index contributed by atoms with van der Waals surface area (Å²) in [6.07, 6.45) is -9.75. The summed E-state index contributed by atoms with van der Waals surface area (Å²) in [6.45, 7) is 4.43. The topological polar surface area (TPSA) is 69.7 Å². The molecular weight excluding hydrogens is 567 g/mol. The van der Waals surface area contributed by atoms with E-state index in [1.807, 2.05) is 0 Å². The lowest BCUT2D eigenvalue weighted by Crippen LogP contribution is -2.51. The Kier molecular flexibility index (Phi) is 9.14. The van der Waals surface area contributed by atoms with Gasteiger partial charge in [-0.05, 0) is 80.6 Å². The number of nitrogens with zero attached hydrogens (tertiary/aromatic N) is 2. The zero-order valence-electron chi connectivity index (χ0n) is 22.2. The number of nitrogens with one attached hydrogen (secondary N) is 1. The monoisotopic (exact) mass is 597 g/mol. The predicted molar refractivity (Wildman–Crippen MR) is 134 cm³/mol. The quantitative estimate of drug-likeness (QED) is 0.391. The summed E-state index contributed by atoms with van der Waals surface area (Å²) in [7, 11) is -2.32. The number of urea groups is 1. The fraction of sp³-hybridized carbons (Fsp3) is 0.500. The maximum atomic E-state index is 13.8. The first-order valence-electron chi connectivity index (χ1n) is 12.4. The van der Waals surface area contributed by atoms with Crippen LogP contribution < -0.4 is 4.72 Å². The molecule has 0 bridgehead atoms. The number of rotatable bonds is 6. The van der Waals surface area contributed by atoms with Gasteiger partial charge in [0.2, 0.25) is 10.0 Å². The highest BCUT2D eigenvalue weighted by atomic mass is 32.2. The summed E-state index contributed by atoms with van der Waals surface area (Å²) in [5.74, 6) is -0.683. The van der Waals surface area contributed by atoms with Gasteiger partial charge in [0.1, 0.15) is 5.82 Å². The summed E-state index contributed by atoms with van der Waals surface area (Å²) < 4.78 is 121. The van der Waals surface area contributed by atoms with Crippen LogP contribution in [-0.4, -0.2) is 49.6 Å². The number of halogens is 7. The van der Waals surface area contributed by atoms with Gasteiger partial charge in [0, 0.05) is 19.6 Å². The van der Waals surface area contributed by atoms with E-state index in [1.165, 1.54) is 44.0 Å². The Bertz CT molecular complexity index is 1310. The Labute approximate surface area is 228 Å². The van der Waals surface area contributed by atoms with Crippen LogP contribution in [0.2, 0.25) is 0 Å². The second-order valence-corrected chi connectivity index (χ2v) is 11.9. The minimum absolute atomic E-state index is 0.0213. The molecule has 1 N–H and O–H groups in total. The lowest BCUT2D eigenvalue weighted by Gasteiger charge is -2.43. The van der Waals surface area contributed by atoms with Crippen molar-refractivity contribution >= 4 is 16.1 Å². The summed E-state index contributed by atoms with van der Waals surface area (Å²) >= 11 is 0. The van der Waals surface area contributed by atoms with E-state index in [1.54, 1.807) is 6.92 Å². The van der Waals surface area contributed by atoms with Crippen molar-refractivity contribution in [2.45, 2.75) is 64.1 Å². The molecule has 3 rings (SSSR count). The minimum atomic E-state index is -5.04. The first kappa shape index (κ1) is 31.7. The first-order valence-corrected chi connectivity index (χ1v) is 14.1. The summed E-state index contributed by atoms with van der Waals surface area (Å²) in [6, 6.07) is 1.92. The number of alkyl halides is 6. The molecule has 0 aromatic heterocycles. The summed E-state index contributed by atoms with van der Waals surface area (Å²) in [4.78, 5) is 16.1. The van der Waals surface area contributed by atoms with E-state index in [0.29, 0.717) is 23.3 Å². The van der Waals surface area contributed by atoms with Crippen LogP contribution in [0.4, 0.5) is 35.5 Å². The third-order valence-corrected chi connectivity index (χ3v) is 8.59. The fourth-order valence-electron chi connectivity index (χ4n) is 4.76.